The molecule has 32 heavy (non-hydrogen) atoms. The highest BCUT2D eigenvalue weighted by atomic mass is 16.3. The number of aromatic nitrogens is 1. The standard InChI is InChI=1S/C29H32N2O/c1-23-20-30(19-17-29(23,32)26-12-6-3-7-13-26)18-16-25-22-31(21-24-10-4-2-5-11-24)28-15-9-8-14-27(25)28/h2-15,22-23,32H,16-21H2,1H3. The Labute approximate surface area is 190 Å². The van der Waals surface area contributed by atoms with E-state index in [0.717, 1.165) is 44.6 Å². The van der Waals surface area contributed by atoms with Gasteiger partial charge in [-0.1, -0.05) is 85.8 Å². The molecule has 0 spiro atoms. The van der Waals surface area contributed by atoms with Gasteiger partial charge in [-0.05, 0) is 35.6 Å². The first-order valence-corrected chi connectivity index (χ1v) is 11.7. The molecular weight excluding hydrogens is 392 g/mol. The summed E-state index contributed by atoms with van der Waals surface area (Å²) in [7, 11) is 0. The number of piperidine rings is 1. The Morgan fingerprint density at radius 3 is 2.34 bits per heavy atom. The molecule has 2 heterocycles. The summed E-state index contributed by atoms with van der Waals surface area (Å²) in [5, 5.41) is 12.7. The number of rotatable bonds is 6. The van der Waals surface area contributed by atoms with Gasteiger partial charge < -0.3 is 14.6 Å². The van der Waals surface area contributed by atoms with Crippen LogP contribution >= 0.6 is 0 Å². The lowest BCUT2D eigenvalue weighted by Crippen LogP contribution is -2.49. The first-order chi connectivity index (χ1) is 15.6. The van der Waals surface area contributed by atoms with Crippen molar-refractivity contribution < 1.29 is 5.11 Å². The number of hydrogen-bond acceptors (Lipinski definition) is 2. The van der Waals surface area contributed by atoms with E-state index in [1.165, 1.54) is 22.0 Å². The average molecular weight is 425 g/mol. The van der Waals surface area contributed by atoms with Gasteiger partial charge in [0.15, 0.2) is 0 Å². The van der Waals surface area contributed by atoms with Crippen molar-refractivity contribution in [2.24, 2.45) is 5.92 Å². The minimum Gasteiger partial charge on any atom is -0.385 e. The van der Waals surface area contributed by atoms with E-state index >= 15 is 0 Å². The molecule has 0 amide bonds. The first-order valence-electron chi connectivity index (χ1n) is 11.7. The molecule has 1 saturated heterocycles. The second-order valence-corrected chi connectivity index (χ2v) is 9.28. The van der Waals surface area contributed by atoms with Crippen LogP contribution in [-0.2, 0) is 18.6 Å². The number of hydrogen-bond donors (Lipinski definition) is 1. The SMILES string of the molecule is CC1CN(CCc2cn(Cc3ccccc3)c3ccccc23)CCC1(O)c1ccccc1. The van der Waals surface area contributed by atoms with E-state index in [1.54, 1.807) is 0 Å². The van der Waals surface area contributed by atoms with Crippen molar-refractivity contribution in [1.82, 2.24) is 9.47 Å². The number of fused-ring (bicyclic) bond motifs is 1. The molecule has 5 rings (SSSR count). The molecule has 1 aliphatic heterocycles. The van der Waals surface area contributed by atoms with Gasteiger partial charge in [0.2, 0.25) is 0 Å². The van der Waals surface area contributed by atoms with Crippen molar-refractivity contribution in [1.29, 1.82) is 0 Å². The topological polar surface area (TPSA) is 28.4 Å². The zero-order valence-electron chi connectivity index (χ0n) is 18.8. The maximum atomic E-state index is 11.4. The second-order valence-electron chi connectivity index (χ2n) is 9.28. The highest BCUT2D eigenvalue weighted by Gasteiger charge is 2.39. The first kappa shape index (κ1) is 21.0. The zero-order chi connectivity index (χ0) is 22.0. The summed E-state index contributed by atoms with van der Waals surface area (Å²) in [4.78, 5) is 2.52. The van der Waals surface area contributed by atoms with Crippen molar-refractivity contribution in [3.63, 3.8) is 0 Å². The molecule has 0 bridgehead atoms. The van der Waals surface area contributed by atoms with E-state index in [0.29, 0.717) is 0 Å². The molecule has 1 fully saturated rings. The van der Waals surface area contributed by atoms with Gasteiger partial charge in [-0.15, -0.1) is 0 Å². The lowest BCUT2D eigenvalue weighted by atomic mass is 9.77. The molecule has 164 valence electrons. The number of benzene rings is 3. The fourth-order valence-electron chi connectivity index (χ4n) is 5.27. The molecule has 4 aromatic rings. The molecule has 3 aromatic carbocycles. The van der Waals surface area contributed by atoms with Gasteiger partial charge in [-0.2, -0.15) is 0 Å². The van der Waals surface area contributed by atoms with Crippen molar-refractivity contribution in [3.8, 4) is 0 Å². The number of likely N-dealkylation sites (tertiary alicyclic amines) is 1. The average Bonchev–Trinajstić information content (AvgIpc) is 3.18. The molecule has 0 saturated carbocycles. The monoisotopic (exact) mass is 424 g/mol. The van der Waals surface area contributed by atoms with E-state index in [1.807, 2.05) is 18.2 Å². The quantitative estimate of drug-likeness (QED) is 0.445. The predicted octanol–water partition coefficient (Wildman–Crippen LogP) is 5.46. The van der Waals surface area contributed by atoms with Crippen LogP contribution in [0.4, 0.5) is 0 Å². The van der Waals surface area contributed by atoms with Crippen molar-refractivity contribution in [2.45, 2.75) is 31.9 Å². The molecule has 3 heteroatoms. The van der Waals surface area contributed by atoms with Gasteiger partial charge >= 0.3 is 0 Å². The van der Waals surface area contributed by atoms with Crippen LogP contribution in [0.15, 0.2) is 91.1 Å². The van der Waals surface area contributed by atoms with Gasteiger partial charge in [-0.3, -0.25) is 0 Å². The maximum absolute atomic E-state index is 11.4. The number of aliphatic hydroxyl groups is 1. The van der Waals surface area contributed by atoms with Crippen molar-refractivity contribution in [3.05, 3.63) is 108 Å². The molecule has 0 radical (unpaired) electrons. The summed E-state index contributed by atoms with van der Waals surface area (Å²) in [6, 6.07) is 29.6. The summed E-state index contributed by atoms with van der Waals surface area (Å²) >= 11 is 0. The summed E-state index contributed by atoms with van der Waals surface area (Å²) in [5.74, 6) is 0.207. The third kappa shape index (κ3) is 4.11. The summed E-state index contributed by atoms with van der Waals surface area (Å²) in [5.41, 5.74) is 4.37. The van der Waals surface area contributed by atoms with E-state index in [2.05, 4.69) is 89.3 Å². The van der Waals surface area contributed by atoms with Crippen LogP contribution < -0.4 is 0 Å². The van der Waals surface area contributed by atoms with Gasteiger partial charge in [0, 0.05) is 49.2 Å². The molecule has 1 N–H and O–H groups in total. The van der Waals surface area contributed by atoms with E-state index < -0.39 is 5.60 Å². The third-order valence-corrected chi connectivity index (χ3v) is 7.19. The summed E-state index contributed by atoms with van der Waals surface area (Å²) < 4.78 is 2.38. The summed E-state index contributed by atoms with van der Waals surface area (Å²) in [6.45, 7) is 5.96. The van der Waals surface area contributed by atoms with Gasteiger partial charge in [-0.25, -0.2) is 0 Å². The van der Waals surface area contributed by atoms with Crippen molar-refractivity contribution >= 4 is 10.9 Å². The third-order valence-electron chi connectivity index (χ3n) is 7.19. The minimum atomic E-state index is -0.719. The fraction of sp³-hybridized carbons (Fsp3) is 0.310. The fourth-order valence-corrected chi connectivity index (χ4v) is 5.27. The van der Waals surface area contributed by atoms with E-state index in [-0.39, 0.29) is 5.92 Å². The van der Waals surface area contributed by atoms with Crippen LogP contribution in [0.1, 0.15) is 30.0 Å². The van der Waals surface area contributed by atoms with Gasteiger partial charge in [0.05, 0.1) is 5.60 Å². The van der Waals surface area contributed by atoms with Crippen LogP contribution in [0.25, 0.3) is 10.9 Å². The van der Waals surface area contributed by atoms with Gasteiger partial charge in [0.1, 0.15) is 0 Å². The molecule has 2 unspecified atom stereocenters. The predicted molar refractivity (Wildman–Crippen MR) is 132 cm³/mol. The zero-order valence-corrected chi connectivity index (χ0v) is 18.8. The highest BCUT2D eigenvalue weighted by molar-refractivity contribution is 5.84. The lowest BCUT2D eigenvalue weighted by molar-refractivity contribution is -0.0707. The Morgan fingerprint density at radius 2 is 1.59 bits per heavy atom. The smallest absolute Gasteiger partial charge is 0.0946 e. The maximum Gasteiger partial charge on any atom is 0.0946 e. The Kier molecular flexibility index (Phi) is 5.86. The normalized spacial score (nSPS) is 21.8. The highest BCUT2D eigenvalue weighted by Crippen LogP contribution is 2.37. The Morgan fingerprint density at radius 1 is 0.906 bits per heavy atom. The van der Waals surface area contributed by atoms with E-state index in [4.69, 9.17) is 0 Å². The van der Waals surface area contributed by atoms with Gasteiger partial charge in [0.25, 0.3) is 0 Å². The van der Waals surface area contributed by atoms with Crippen LogP contribution in [-0.4, -0.2) is 34.2 Å². The summed E-state index contributed by atoms with van der Waals surface area (Å²) in [6.07, 6.45) is 4.15. The van der Waals surface area contributed by atoms with Crippen molar-refractivity contribution in [2.75, 3.05) is 19.6 Å². The van der Waals surface area contributed by atoms with Crippen LogP contribution in [0, 0.1) is 5.92 Å². The Bertz CT molecular complexity index is 1170. The molecule has 1 aliphatic rings. The van der Waals surface area contributed by atoms with Crippen LogP contribution in [0.5, 0.6) is 0 Å². The molecule has 3 nitrogen and oxygen atoms in total. The van der Waals surface area contributed by atoms with Crippen LogP contribution in [0.2, 0.25) is 0 Å². The lowest BCUT2D eigenvalue weighted by Gasteiger charge is -2.43. The van der Waals surface area contributed by atoms with E-state index in [9.17, 15) is 5.11 Å². The molecule has 1 aromatic heterocycles. The van der Waals surface area contributed by atoms with Crippen LogP contribution in [0.3, 0.4) is 0 Å². The molecule has 0 aliphatic carbocycles. The Hall–Kier alpha value is -2.88. The number of nitrogens with zero attached hydrogens (tertiary/aromatic N) is 2. The molecule has 2 atom stereocenters. The Balaban J connectivity index is 1.29. The molecular formula is C29H32N2O. The minimum absolute atomic E-state index is 0.207. The second kappa shape index (κ2) is 8.93. The number of para-hydroxylation sites is 1. The largest absolute Gasteiger partial charge is 0.385 e.